The Morgan fingerprint density at radius 2 is 1.89 bits per heavy atom. The van der Waals surface area contributed by atoms with Crippen molar-refractivity contribution >= 4 is 5.69 Å². The largest absolute Gasteiger partial charge is 0.398 e. The van der Waals surface area contributed by atoms with Gasteiger partial charge in [-0.05, 0) is 18.5 Å². The maximum atomic E-state index is 10.3. The number of nitrogen functional groups attached to an aromatic ring is 1. The van der Waals surface area contributed by atoms with Crippen LogP contribution in [0, 0.1) is 5.92 Å². The van der Waals surface area contributed by atoms with Crippen molar-refractivity contribution in [2.75, 3.05) is 25.4 Å². The number of aliphatic hydroxyl groups is 1. The lowest BCUT2D eigenvalue weighted by atomic mass is 10.1. The maximum absolute atomic E-state index is 10.3. The molecule has 102 valence electrons. The molecule has 0 aliphatic rings. The molecule has 0 bridgehead atoms. The molecule has 1 aromatic rings. The summed E-state index contributed by atoms with van der Waals surface area (Å²) in [4.78, 5) is 2.28. The zero-order valence-corrected chi connectivity index (χ0v) is 11.8. The summed E-state index contributed by atoms with van der Waals surface area (Å²) in [7, 11) is 0. The van der Waals surface area contributed by atoms with Gasteiger partial charge in [0.25, 0.3) is 0 Å². The number of benzene rings is 1. The second-order valence-electron chi connectivity index (χ2n) is 5.01. The molecule has 0 fully saturated rings. The molecule has 1 rings (SSSR count). The van der Waals surface area contributed by atoms with Crippen LogP contribution in [0.2, 0.25) is 0 Å². The van der Waals surface area contributed by atoms with Crippen molar-refractivity contribution in [2.24, 2.45) is 5.92 Å². The molecule has 0 spiro atoms. The van der Waals surface area contributed by atoms with E-state index in [-0.39, 0.29) is 0 Å². The molecular formula is C15H26N2O. The van der Waals surface area contributed by atoms with Gasteiger partial charge in [0.05, 0.1) is 6.10 Å². The van der Waals surface area contributed by atoms with Crippen LogP contribution in [0.3, 0.4) is 0 Å². The number of nitrogens with zero attached hydrogens (tertiary/aromatic N) is 1. The van der Waals surface area contributed by atoms with E-state index in [0.717, 1.165) is 18.7 Å². The smallest absolute Gasteiger partial charge is 0.0936 e. The number of aliphatic hydroxyl groups excluding tert-OH is 1. The van der Waals surface area contributed by atoms with Crippen LogP contribution in [0.4, 0.5) is 5.69 Å². The summed E-state index contributed by atoms with van der Waals surface area (Å²) in [6.45, 7) is 9.19. The molecule has 0 amide bonds. The van der Waals surface area contributed by atoms with Crippen LogP contribution in [0.25, 0.3) is 0 Å². The predicted octanol–water partition coefficient (Wildman–Crippen LogP) is 2.67. The third kappa shape index (κ3) is 4.31. The topological polar surface area (TPSA) is 49.5 Å². The molecular weight excluding hydrogens is 224 g/mol. The molecule has 0 aromatic heterocycles. The van der Waals surface area contributed by atoms with Crippen molar-refractivity contribution < 1.29 is 5.11 Å². The fraction of sp³-hybridized carbons (Fsp3) is 0.600. The molecule has 2 unspecified atom stereocenters. The van der Waals surface area contributed by atoms with E-state index < -0.39 is 6.10 Å². The predicted molar refractivity (Wildman–Crippen MR) is 77.4 cm³/mol. The lowest BCUT2D eigenvalue weighted by Gasteiger charge is -2.26. The average molecular weight is 250 g/mol. The molecule has 2 atom stereocenters. The highest BCUT2D eigenvalue weighted by Gasteiger charge is 2.15. The van der Waals surface area contributed by atoms with Gasteiger partial charge < -0.3 is 15.7 Å². The van der Waals surface area contributed by atoms with Gasteiger partial charge in [0.1, 0.15) is 0 Å². The second-order valence-corrected chi connectivity index (χ2v) is 5.01. The van der Waals surface area contributed by atoms with E-state index in [9.17, 15) is 5.11 Å². The fourth-order valence-electron chi connectivity index (χ4n) is 2.06. The van der Waals surface area contributed by atoms with Gasteiger partial charge in [-0.3, -0.25) is 0 Å². The Morgan fingerprint density at radius 3 is 2.44 bits per heavy atom. The van der Waals surface area contributed by atoms with Gasteiger partial charge in [0.15, 0.2) is 0 Å². The Hall–Kier alpha value is -1.06. The first-order valence-electron chi connectivity index (χ1n) is 6.83. The standard InChI is InChI=1S/C15H26N2O/c1-4-12(3)10-17(5-2)11-15(18)13-8-6-7-9-14(13)16/h6-9,12,15,18H,4-5,10-11,16H2,1-3H3. The van der Waals surface area contributed by atoms with Gasteiger partial charge in [0, 0.05) is 24.3 Å². The third-order valence-corrected chi connectivity index (χ3v) is 3.50. The van der Waals surface area contributed by atoms with Crippen molar-refractivity contribution in [3.8, 4) is 0 Å². The molecule has 1 aromatic carbocycles. The van der Waals surface area contributed by atoms with Crippen LogP contribution in [-0.4, -0.2) is 29.6 Å². The maximum Gasteiger partial charge on any atom is 0.0936 e. The van der Waals surface area contributed by atoms with E-state index in [4.69, 9.17) is 5.73 Å². The van der Waals surface area contributed by atoms with Crippen LogP contribution in [0.1, 0.15) is 38.9 Å². The highest BCUT2D eigenvalue weighted by molar-refractivity contribution is 5.47. The second kappa shape index (κ2) is 7.39. The number of rotatable bonds is 7. The Bertz CT molecular complexity index is 354. The van der Waals surface area contributed by atoms with E-state index in [1.165, 1.54) is 6.42 Å². The minimum Gasteiger partial charge on any atom is -0.398 e. The molecule has 18 heavy (non-hydrogen) atoms. The van der Waals surface area contributed by atoms with E-state index >= 15 is 0 Å². The summed E-state index contributed by atoms with van der Waals surface area (Å²) in [5.74, 6) is 0.658. The molecule has 0 saturated heterocycles. The normalized spacial score (nSPS) is 14.7. The molecule has 3 heteroatoms. The van der Waals surface area contributed by atoms with Crippen LogP contribution in [-0.2, 0) is 0 Å². The molecule has 0 aliphatic heterocycles. The van der Waals surface area contributed by atoms with Crippen molar-refractivity contribution in [2.45, 2.75) is 33.3 Å². The summed E-state index contributed by atoms with van der Waals surface area (Å²) in [6.07, 6.45) is 0.662. The van der Waals surface area contributed by atoms with Crippen LogP contribution in [0.15, 0.2) is 24.3 Å². The van der Waals surface area contributed by atoms with Crippen molar-refractivity contribution in [3.63, 3.8) is 0 Å². The molecule has 0 aliphatic carbocycles. The molecule has 0 heterocycles. The summed E-state index contributed by atoms with van der Waals surface area (Å²) in [5.41, 5.74) is 7.39. The summed E-state index contributed by atoms with van der Waals surface area (Å²) in [5, 5.41) is 10.3. The highest BCUT2D eigenvalue weighted by Crippen LogP contribution is 2.21. The SMILES string of the molecule is CCC(C)CN(CC)CC(O)c1ccccc1N. The Labute approximate surface area is 111 Å². The van der Waals surface area contributed by atoms with E-state index in [1.807, 2.05) is 24.3 Å². The zero-order valence-electron chi connectivity index (χ0n) is 11.8. The van der Waals surface area contributed by atoms with E-state index in [1.54, 1.807) is 0 Å². The lowest BCUT2D eigenvalue weighted by molar-refractivity contribution is 0.108. The number of likely N-dealkylation sites (N-methyl/N-ethyl adjacent to an activating group) is 1. The van der Waals surface area contributed by atoms with Gasteiger partial charge in [-0.15, -0.1) is 0 Å². The quantitative estimate of drug-likeness (QED) is 0.731. The Morgan fingerprint density at radius 1 is 1.22 bits per heavy atom. The van der Waals surface area contributed by atoms with Crippen molar-refractivity contribution in [3.05, 3.63) is 29.8 Å². The van der Waals surface area contributed by atoms with Crippen LogP contribution < -0.4 is 5.73 Å². The highest BCUT2D eigenvalue weighted by atomic mass is 16.3. The monoisotopic (exact) mass is 250 g/mol. The van der Waals surface area contributed by atoms with Crippen LogP contribution >= 0.6 is 0 Å². The Balaban J connectivity index is 2.62. The zero-order chi connectivity index (χ0) is 13.5. The van der Waals surface area contributed by atoms with Crippen molar-refractivity contribution in [1.29, 1.82) is 0 Å². The number of hydrogen-bond acceptors (Lipinski definition) is 3. The molecule has 0 radical (unpaired) electrons. The summed E-state index contributed by atoms with van der Waals surface area (Å²) in [6, 6.07) is 7.54. The summed E-state index contributed by atoms with van der Waals surface area (Å²) >= 11 is 0. The van der Waals surface area contributed by atoms with Gasteiger partial charge in [0.2, 0.25) is 0 Å². The van der Waals surface area contributed by atoms with Gasteiger partial charge in [-0.1, -0.05) is 45.4 Å². The summed E-state index contributed by atoms with van der Waals surface area (Å²) < 4.78 is 0. The first kappa shape index (κ1) is 15.0. The van der Waals surface area contributed by atoms with E-state index in [2.05, 4.69) is 25.7 Å². The minimum absolute atomic E-state index is 0.504. The number of nitrogens with two attached hydrogens (primary N) is 1. The van der Waals surface area contributed by atoms with E-state index in [0.29, 0.717) is 18.2 Å². The lowest BCUT2D eigenvalue weighted by Crippen LogP contribution is -2.32. The molecule has 3 N–H and O–H groups in total. The third-order valence-electron chi connectivity index (χ3n) is 3.50. The number of anilines is 1. The van der Waals surface area contributed by atoms with Gasteiger partial charge in [-0.25, -0.2) is 0 Å². The average Bonchev–Trinajstić information content (AvgIpc) is 2.38. The first-order valence-corrected chi connectivity index (χ1v) is 6.83. The molecule has 3 nitrogen and oxygen atoms in total. The minimum atomic E-state index is -0.504. The number of hydrogen-bond donors (Lipinski definition) is 2. The van der Waals surface area contributed by atoms with Crippen LogP contribution in [0.5, 0.6) is 0 Å². The van der Waals surface area contributed by atoms with Gasteiger partial charge >= 0.3 is 0 Å². The van der Waals surface area contributed by atoms with Crippen molar-refractivity contribution in [1.82, 2.24) is 4.90 Å². The van der Waals surface area contributed by atoms with Gasteiger partial charge in [-0.2, -0.15) is 0 Å². The molecule has 0 saturated carbocycles. The fourth-order valence-corrected chi connectivity index (χ4v) is 2.06. The Kier molecular flexibility index (Phi) is 6.16. The number of para-hydroxylation sites is 1. The first-order chi connectivity index (χ1) is 8.58.